The van der Waals surface area contributed by atoms with Crippen LogP contribution in [0.3, 0.4) is 0 Å². The van der Waals surface area contributed by atoms with Crippen molar-refractivity contribution >= 4 is 10.9 Å². The molecule has 0 atom stereocenters. The summed E-state index contributed by atoms with van der Waals surface area (Å²) in [7, 11) is 1.99. The van der Waals surface area contributed by atoms with E-state index in [1.807, 2.05) is 11.6 Å². The van der Waals surface area contributed by atoms with Crippen molar-refractivity contribution in [3.8, 4) is 0 Å². The van der Waals surface area contributed by atoms with Gasteiger partial charge in [0.15, 0.2) is 0 Å². The summed E-state index contributed by atoms with van der Waals surface area (Å²) in [6.45, 7) is 4.48. The third-order valence-corrected chi connectivity index (χ3v) is 2.99. The second kappa shape index (κ2) is 3.70. The van der Waals surface area contributed by atoms with Gasteiger partial charge in [-0.3, -0.25) is 0 Å². The summed E-state index contributed by atoms with van der Waals surface area (Å²) in [5.41, 5.74) is 3.49. The maximum atomic E-state index is 9.18. The van der Waals surface area contributed by atoms with Gasteiger partial charge in [0, 0.05) is 23.6 Å². The van der Waals surface area contributed by atoms with Gasteiger partial charge in [-0.05, 0) is 29.7 Å². The third kappa shape index (κ3) is 1.65. The summed E-state index contributed by atoms with van der Waals surface area (Å²) < 4.78 is 2.04. The molecule has 1 N–H and O–H groups in total. The van der Waals surface area contributed by atoms with Gasteiger partial charge < -0.3 is 9.67 Å². The summed E-state index contributed by atoms with van der Waals surface area (Å²) in [5.74, 6) is 0.548. The highest BCUT2D eigenvalue weighted by molar-refractivity contribution is 5.82. The maximum absolute atomic E-state index is 9.18. The molecule has 2 heteroatoms. The molecular weight excluding hydrogens is 186 g/mol. The van der Waals surface area contributed by atoms with E-state index in [1.165, 1.54) is 16.5 Å². The van der Waals surface area contributed by atoms with E-state index in [2.05, 4.69) is 38.1 Å². The molecule has 80 valence electrons. The Bertz CT molecular complexity index is 482. The molecule has 15 heavy (non-hydrogen) atoms. The number of fused-ring (bicyclic) bond motifs is 1. The largest absolute Gasteiger partial charge is 0.390 e. The second-order valence-electron chi connectivity index (χ2n) is 4.33. The average Bonchev–Trinajstić information content (AvgIpc) is 2.55. The van der Waals surface area contributed by atoms with E-state index in [9.17, 15) is 5.11 Å². The predicted octanol–water partition coefficient (Wildman–Crippen LogP) is 2.79. The zero-order valence-electron chi connectivity index (χ0n) is 9.49. The number of aromatic nitrogens is 1. The smallest absolute Gasteiger partial charge is 0.0833 e. The Morgan fingerprint density at radius 2 is 2.00 bits per heavy atom. The molecule has 1 aromatic heterocycles. The zero-order valence-corrected chi connectivity index (χ0v) is 9.49. The van der Waals surface area contributed by atoms with Crippen LogP contribution in [0, 0.1) is 0 Å². The van der Waals surface area contributed by atoms with Crippen molar-refractivity contribution in [1.29, 1.82) is 0 Å². The summed E-state index contributed by atoms with van der Waals surface area (Å²) >= 11 is 0. The molecule has 1 heterocycles. The fourth-order valence-electron chi connectivity index (χ4n) is 1.94. The van der Waals surface area contributed by atoms with Gasteiger partial charge >= 0.3 is 0 Å². The number of benzene rings is 1. The van der Waals surface area contributed by atoms with Crippen molar-refractivity contribution in [3.63, 3.8) is 0 Å². The van der Waals surface area contributed by atoms with Crippen LogP contribution in [-0.2, 0) is 13.7 Å². The molecule has 0 aliphatic rings. The molecule has 2 rings (SSSR count). The van der Waals surface area contributed by atoms with E-state index in [4.69, 9.17) is 0 Å². The molecule has 0 spiro atoms. The molecule has 0 bridgehead atoms. The van der Waals surface area contributed by atoms with Gasteiger partial charge in [-0.25, -0.2) is 0 Å². The normalized spacial score (nSPS) is 11.5. The Hall–Kier alpha value is -1.28. The SMILES string of the molecule is CC(C)c1ccc2c(c1)cc(CO)n2C. The first-order chi connectivity index (χ1) is 7.13. The Labute approximate surface area is 90.2 Å². The average molecular weight is 203 g/mol. The van der Waals surface area contributed by atoms with Crippen LogP contribution in [0.1, 0.15) is 31.0 Å². The Balaban J connectivity index is 2.63. The standard InChI is InChI=1S/C13H17NO/c1-9(2)10-4-5-13-11(6-10)7-12(8-15)14(13)3/h4-7,9,15H,8H2,1-3H3. The first kappa shape index (κ1) is 10.2. The predicted molar refractivity (Wildman–Crippen MR) is 62.9 cm³/mol. The Morgan fingerprint density at radius 1 is 1.27 bits per heavy atom. The van der Waals surface area contributed by atoms with Crippen LogP contribution in [-0.4, -0.2) is 9.67 Å². The lowest BCUT2D eigenvalue weighted by Gasteiger charge is -2.05. The number of hydrogen-bond donors (Lipinski definition) is 1. The number of aliphatic hydroxyl groups is 1. The van der Waals surface area contributed by atoms with Crippen molar-refractivity contribution in [2.75, 3.05) is 0 Å². The topological polar surface area (TPSA) is 25.2 Å². The van der Waals surface area contributed by atoms with Gasteiger partial charge in [-0.15, -0.1) is 0 Å². The van der Waals surface area contributed by atoms with Gasteiger partial charge in [-0.2, -0.15) is 0 Å². The van der Waals surface area contributed by atoms with E-state index in [-0.39, 0.29) is 6.61 Å². The number of nitrogens with zero attached hydrogens (tertiary/aromatic N) is 1. The maximum Gasteiger partial charge on any atom is 0.0833 e. The molecule has 0 fully saturated rings. The molecule has 0 aliphatic heterocycles. The van der Waals surface area contributed by atoms with Crippen LogP contribution in [0.2, 0.25) is 0 Å². The minimum Gasteiger partial charge on any atom is -0.390 e. The molecule has 0 saturated carbocycles. The highest BCUT2D eigenvalue weighted by Gasteiger charge is 2.06. The summed E-state index contributed by atoms with van der Waals surface area (Å²) in [5, 5.41) is 10.4. The molecule has 0 unspecified atom stereocenters. The fraction of sp³-hybridized carbons (Fsp3) is 0.385. The van der Waals surface area contributed by atoms with E-state index < -0.39 is 0 Å². The van der Waals surface area contributed by atoms with Crippen molar-refractivity contribution in [1.82, 2.24) is 4.57 Å². The number of aliphatic hydroxyl groups excluding tert-OH is 1. The number of rotatable bonds is 2. The van der Waals surface area contributed by atoms with Gasteiger partial charge in [0.2, 0.25) is 0 Å². The first-order valence-electron chi connectivity index (χ1n) is 5.32. The van der Waals surface area contributed by atoms with Gasteiger partial charge in [0.1, 0.15) is 0 Å². The molecule has 1 aromatic carbocycles. The van der Waals surface area contributed by atoms with Crippen LogP contribution in [0.15, 0.2) is 24.3 Å². The van der Waals surface area contributed by atoms with Crippen LogP contribution in [0.5, 0.6) is 0 Å². The molecule has 2 nitrogen and oxygen atoms in total. The summed E-state index contributed by atoms with van der Waals surface area (Å²) in [4.78, 5) is 0. The fourth-order valence-corrected chi connectivity index (χ4v) is 1.94. The van der Waals surface area contributed by atoms with Crippen molar-refractivity contribution in [2.45, 2.75) is 26.4 Å². The van der Waals surface area contributed by atoms with Gasteiger partial charge in [0.05, 0.1) is 6.61 Å². The quantitative estimate of drug-likeness (QED) is 0.797. The Morgan fingerprint density at radius 3 is 2.60 bits per heavy atom. The lowest BCUT2D eigenvalue weighted by atomic mass is 10.0. The van der Waals surface area contributed by atoms with Gasteiger partial charge in [-0.1, -0.05) is 19.9 Å². The van der Waals surface area contributed by atoms with Crippen molar-refractivity contribution < 1.29 is 5.11 Å². The molecule has 0 saturated heterocycles. The van der Waals surface area contributed by atoms with Crippen LogP contribution in [0.4, 0.5) is 0 Å². The molecule has 0 radical (unpaired) electrons. The summed E-state index contributed by atoms with van der Waals surface area (Å²) in [6.07, 6.45) is 0. The number of hydrogen-bond acceptors (Lipinski definition) is 1. The lowest BCUT2D eigenvalue weighted by Crippen LogP contribution is -1.94. The van der Waals surface area contributed by atoms with Crippen LogP contribution >= 0.6 is 0 Å². The lowest BCUT2D eigenvalue weighted by molar-refractivity contribution is 0.273. The summed E-state index contributed by atoms with van der Waals surface area (Å²) in [6, 6.07) is 8.55. The van der Waals surface area contributed by atoms with E-state index in [0.717, 1.165) is 5.69 Å². The molecular formula is C13H17NO. The van der Waals surface area contributed by atoms with E-state index >= 15 is 0 Å². The van der Waals surface area contributed by atoms with Gasteiger partial charge in [0.25, 0.3) is 0 Å². The van der Waals surface area contributed by atoms with Crippen molar-refractivity contribution in [3.05, 3.63) is 35.5 Å². The molecule has 0 amide bonds. The minimum atomic E-state index is 0.0994. The molecule has 0 aliphatic carbocycles. The zero-order chi connectivity index (χ0) is 11.0. The highest BCUT2D eigenvalue weighted by Crippen LogP contribution is 2.23. The van der Waals surface area contributed by atoms with Crippen molar-refractivity contribution in [2.24, 2.45) is 7.05 Å². The van der Waals surface area contributed by atoms with Crippen LogP contribution < -0.4 is 0 Å². The minimum absolute atomic E-state index is 0.0994. The monoisotopic (exact) mass is 203 g/mol. The van der Waals surface area contributed by atoms with Crippen LogP contribution in [0.25, 0.3) is 10.9 Å². The number of aryl methyl sites for hydroxylation is 1. The Kier molecular flexibility index (Phi) is 2.53. The molecule has 2 aromatic rings. The van der Waals surface area contributed by atoms with E-state index in [0.29, 0.717) is 5.92 Å². The first-order valence-corrected chi connectivity index (χ1v) is 5.32. The second-order valence-corrected chi connectivity index (χ2v) is 4.33. The highest BCUT2D eigenvalue weighted by atomic mass is 16.3. The third-order valence-electron chi connectivity index (χ3n) is 2.99. The van der Waals surface area contributed by atoms with E-state index in [1.54, 1.807) is 0 Å².